The Balaban J connectivity index is 2.09. The van der Waals surface area contributed by atoms with Gasteiger partial charge in [0.1, 0.15) is 5.69 Å². The lowest BCUT2D eigenvalue weighted by Crippen LogP contribution is -2.25. The van der Waals surface area contributed by atoms with Crippen LogP contribution in [-0.4, -0.2) is 29.1 Å². The number of hydrogen-bond acceptors (Lipinski definition) is 4. The number of pyridine rings is 1. The molecule has 0 aliphatic heterocycles. The third kappa shape index (κ3) is 4.49. The molecule has 0 saturated carbocycles. The van der Waals surface area contributed by atoms with Gasteiger partial charge in [0.05, 0.1) is 0 Å². The standard InChI is InChI=1S/C18H19N3O3/c1-3-9-20-18(24)16-11-14(8-10-19-16)17(23)21-15-6-4-13(5-7-15)12(2)22/h4-8,10-11H,3,9H2,1-2H3,(H,20,24)(H,21,23). The summed E-state index contributed by atoms with van der Waals surface area (Å²) in [5.74, 6) is -0.695. The molecule has 0 fully saturated rings. The highest BCUT2D eigenvalue weighted by molar-refractivity contribution is 6.06. The lowest BCUT2D eigenvalue weighted by Gasteiger charge is -2.07. The fourth-order valence-corrected chi connectivity index (χ4v) is 2.02. The lowest BCUT2D eigenvalue weighted by molar-refractivity contribution is 0.0947. The Bertz CT molecular complexity index is 754. The topological polar surface area (TPSA) is 88.2 Å². The van der Waals surface area contributed by atoms with Gasteiger partial charge in [-0.05, 0) is 49.7 Å². The van der Waals surface area contributed by atoms with E-state index in [1.807, 2.05) is 6.92 Å². The Kier molecular flexibility index (Phi) is 5.78. The predicted octanol–water partition coefficient (Wildman–Crippen LogP) is 2.68. The van der Waals surface area contributed by atoms with E-state index < -0.39 is 0 Å². The van der Waals surface area contributed by atoms with Crippen molar-refractivity contribution in [3.05, 3.63) is 59.4 Å². The van der Waals surface area contributed by atoms with Gasteiger partial charge in [0, 0.05) is 29.6 Å². The number of aromatic nitrogens is 1. The van der Waals surface area contributed by atoms with E-state index in [2.05, 4.69) is 15.6 Å². The van der Waals surface area contributed by atoms with Crippen LogP contribution in [0, 0.1) is 0 Å². The molecule has 1 heterocycles. The fourth-order valence-electron chi connectivity index (χ4n) is 2.02. The second kappa shape index (κ2) is 8.01. The lowest BCUT2D eigenvalue weighted by atomic mass is 10.1. The molecule has 2 rings (SSSR count). The first-order valence-corrected chi connectivity index (χ1v) is 7.68. The summed E-state index contributed by atoms with van der Waals surface area (Å²) >= 11 is 0. The van der Waals surface area contributed by atoms with Gasteiger partial charge in [0.2, 0.25) is 0 Å². The van der Waals surface area contributed by atoms with Crippen LogP contribution in [0.5, 0.6) is 0 Å². The van der Waals surface area contributed by atoms with Crippen molar-refractivity contribution in [2.45, 2.75) is 20.3 Å². The normalized spacial score (nSPS) is 10.1. The number of carbonyl (C=O) groups excluding carboxylic acids is 3. The summed E-state index contributed by atoms with van der Waals surface area (Å²) < 4.78 is 0. The van der Waals surface area contributed by atoms with Crippen LogP contribution in [0.15, 0.2) is 42.6 Å². The summed E-state index contributed by atoms with van der Waals surface area (Å²) in [5.41, 5.74) is 1.68. The summed E-state index contributed by atoms with van der Waals surface area (Å²) in [7, 11) is 0. The van der Waals surface area contributed by atoms with Gasteiger partial charge in [-0.15, -0.1) is 0 Å². The molecule has 0 atom stereocenters. The highest BCUT2D eigenvalue weighted by Crippen LogP contribution is 2.12. The van der Waals surface area contributed by atoms with E-state index in [1.54, 1.807) is 24.3 Å². The van der Waals surface area contributed by atoms with Gasteiger partial charge in [-0.2, -0.15) is 0 Å². The minimum atomic E-state index is -0.350. The minimum Gasteiger partial charge on any atom is -0.351 e. The van der Waals surface area contributed by atoms with E-state index in [0.717, 1.165) is 6.42 Å². The van der Waals surface area contributed by atoms with E-state index in [0.29, 0.717) is 23.4 Å². The van der Waals surface area contributed by atoms with Crippen LogP contribution < -0.4 is 10.6 Å². The molecule has 0 spiro atoms. The van der Waals surface area contributed by atoms with Crippen molar-refractivity contribution in [3.8, 4) is 0 Å². The molecule has 1 aromatic heterocycles. The molecule has 2 amide bonds. The number of anilines is 1. The largest absolute Gasteiger partial charge is 0.351 e. The first-order chi connectivity index (χ1) is 11.5. The van der Waals surface area contributed by atoms with Crippen LogP contribution in [0.25, 0.3) is 0 Å². The number of carbonyl (C=O) groups is 3. The fraction of sp³-hybridized carbons (Fsp3) is 0.222. The average Bonchev–Trinajstić information content (AvgIpc) is 2.60. The quantitative estimate of drug-likeness (QED) is 0.799. The van der Waals surface area contributed by atoms with E-state index >= 15 is 0 Å². The number of nitrogens with one attached hydrogen (secondary N) is 2. The third-order valence-corrected chi connectivity index (χ3v) is 3.34. The molecular weight excluding hydrogens is 306 g/mol. The SMILES string of the molecule is CCCNC(=O)c1cc(C(=O)Nc2ccc(C(C)=O)cc2)ccn1. The van der Waals surface area contributed by atoms with Crippen molar-refractivity contribution in [1.29, 1.82) is 0 Å². The average molecular weight is 325 g/mol. The molecule has 0 saturated heterocycles. The molecule has 24 heavy (non-hydrogen) atoms. The molecule has 1 aromatic carbocycles. The van der Waals surface area contributed by atoms with Crippen LogP contribution in [-0.2, 0) is 0 Å². The van der Waals surface area contributed by atoms with Crippen LogP contribution in [0.4, 0.5) is 5.69 Å². The summed E-state index contributed by atoms with van der Waals surface area (Å²) in [6.45, 7) is 3.99. The predicted molar refractivity (Wildman–Crippen MR) is 91.3 cm³/mol. The van der Waals surface area contributed by atoms with E-state index in [9.17, 15) is 14.4 Å². The maximum atomic E-state index is 12.3. The molecule has 6 nitrogen and oxygen atoms in total. The molecule has 6 heteroatoms. The number of nitrogens with zero attached hydrogens (tertiary/aromatic N) is 1. The maximum Gasteiger partial charge on any atom is 0.269 e. The van der Waals surface area contributed by atoms with E-state index in [-0.39, 0.29) is 23.3 Å². The number of benzene rings is 1. The van der Waals surface area contributed by atoms with Crippen LogP contribution in [0.1, 0.15) is 51.5 Å². The van der Waals surface area contributed by atoms with Gasteiger partial charge in [-0.25, -0.2) is 0 Å². The van der Waals surface area contributed by atoms with Crippen molar-refractivity contribution in [2.24, 2.45) is 0 Å². The van der Waals surface area contributed by atoms with Crippen molar-refractivity contribution < 1.29 is 14.4 Å². The first-order valence-electron chi connectivity index (χ1n) is 7.68. The van der Waals surface area contributed by atoms with Gasteiger partial charge in [-0.1, -0.05) is 6.92 Å². The smallest absolute Gasteiger partial charge is 0.269 e. The van der Waals surface area contributed by atoms with Crippen molar-refractivity contribution in [2.75, 3.05) is 11.9 Å². The zero-order valence-corrected chi connectivity index (χ0v) is 13.6. The first kappa shape index (κ1) is 17.3. The van der Waals surface area contributed by atoms with Gasteiger partial charge in [-0.3, -0.25) is 19.4 Å². The Morgan fingerprint density at radius 1 is 1.00 bits per heavy atom. The molecule has 0 unspecified atom stereocenters. The van der Waals surface area contributed by atoms with Gasteiger partial charge >= 0.3 is 0 Å². The van der Waals surface area contributed by atoms with Gasteiger partial charge < -0.3 is 10.6 Å². The summed E-state index contributed by atoms with van der Waals surface area (Å²) in [5, 5.41) is 5.44. The minimum absolute atomic E-state index is 0.0373. The number of rotatable bonds is 6. The molecule has 0 radical (unpaired) electrons. The van der Waals surface area contributed by atoms with Crippen LogP contribution in [0.3, 0.4) is 0 Å². The Morgan fingerprint density at radius 2 is 1.71 bits per heavy atom. The number of Topliss-reactive ketones (excluding diaryl/α,β-unsaturated/α-hetero) is 1. The van der Waals surface area contributed by atoms with Crippen LogP contribution >= 0.6 is 0 Å². The monoisotopic (exact) mass is 325 g/mol. The molecular formula is C18H19N3O3. The number of hydrogen-bond donors (Lipinski definition) is 2. The molecule has 124 valence electrons. The molecule has 0 bridgehead atoms. The molecule has 0 aliphatic rings. The zero-order valence-electron chi connectivity index (χ0n) is 13.6. The Morgan fingerprint density at radius 3 is 2.33 bits per heavy atom. The number of amides is 2. The van der Waals surface area contributed by atoms with E-state index in [1.165, 1.54) is 25.3 Å². The second-order valence-electron chi connectivity index (χ2n) is 5.27. The van der Waals surface area contributed by atoms with Crippen molar-refractivity contribution >= 4 is 23.3 Å². The third-order valence-electron chi connectivity index (χ3n) is 3.34. The maximum absolute atomic E-state index is 12.3. The number of ketones is 1. The van der Waals surface area contributed by atoms with Gasteiger partial charge in [0.25, 0.3) is 11.8 Å². The Hall–Kier alpha value is -3.02. The Labute approximate surface area is 140 Å². The second-order valence-corrected chi connectivity index (χ2v) is 5.27. The summed E-state index contributed by atoms with van der Waals surface area (Å²) in [6.07, 6.45) is 2.25. The van der Waals surface area contributed by atoms with Crippen LogP contribution in [0.2, 0.25) is 0 Å². The highest BCUT2D eigenvalue weighted by atomic mass is 16.2. The molecule has 2 aromatic rings. The summed E-state index contributed by atoms with van der Waals surface area (Å²) in [6, 6.07) is 9.59. The van der Waals surface area contributed by atoms with Crippen molar-refractivity contribution in [1.82, 2.24) is 10.3 Å². The summed E-state index contributed by atoms with van der Waals surface area (Å²) in [4.78, 5) is 39.4. The molecule has 0 aliphatic carbocycles. The zero-order chi connectivity index (χ0) is 17.5. The van der Waals surface area contributed by atoms with Gasteiger partial charge in [0.15, 0.2) is 5.78 Å². The van der Waals surface area contributed by atoms with E-state index in [4.69, 9.17) is 0 Å². The van der Waals surface area contributed by atoms with Crippen molar-refractivity contribution in [3.63, 3.8) is 0 Å². The molecule has 2 N–H and O–H groups in total. The highest BCUT2D eigenvalue weighted by Gasteiger charge is 2.12.